The van der Waals surface area contributed by atoms with Crippen molar-refractivity contribution in [2.24, 2.45) is 9.98 Å². The van der Waals surface area contributed by atoms with Crippen molar-refractivity contribution in [3.63, 3.8) is 0 Å². The predicted octanol–water partition coefficient (Wildman–Crippen LogP) is 11.1. The first kappa shape index (κ1) is 33.0. The van der Waals surface area contributed by atoms with Gasteiger partial charge < -0.3 is 10.2 Å². The summed E-state index contributed by atoms with van der Waals surface area (Å²) in [6, 6.07) is 20.8. The van der Waals surface area contributed by atoms with Crippen LogP contribution in [0.2, 0.25) is 0 Å². The van der Waals surface area contributed by atoms with Crippen molar-refractivity contribution >= 4 is 34.6 Å². The van der Waals surface area contributed by atoms with Crippen LogP contribution in [0.1, 0.15) is 112 Å². The summed E-state index contributed by atoms with van der Waals surface area (Å²) in [5.41, 5.74) is 7.41. The zero-order chi connectivity index (χ0) is 31.3. The van der Waals surface area contributed by atoms with Crippen LogP contribution in [0.15, 0.2) is 70.6 Å². The number of hydrogen-bond acceptors (Lipinski definition) is 4. The third-order valence-corrected chi connectivity index (χ3v) is 8.32. The summed E-state index contributed by atoms with van der Waals surface area (Å²) in [5, 5.41) is 24.5. The van der Waals surface area contributed by atoms with Gasteiger partial charge >= 0.3 is 0 Å². The summed E-state index contributed by atoms with van der Waals surface area (Å²) < 4.78 is 0. The van der Waals surface area contributed by atoms with Crippen LogP contribution in [0.3, 0.4) is 0 Å². The topological polar surface area (TPSA) is 65.2 Å². The number of rotatable bonds is 16. The van der Waals surface area contributed by atoms with Crippen LogP contribution in [0.4, 0.5) is 11.4 Å². The molecule has 0 unspecified atom stereocenters. The van der Waals surface area contributed by atoms with Crippen molar-refractivity contribution in [2.75, 3.05) is 0 Å². The number of benzene rings is 4. The average Bonchev–Trinajstić information content (AvgIpc) is 3.04. The van der Waals surface area contributed by atoms with Gasteiger partial charge in [0.2, 0.25) is 0 Å². The Morgan fingerprint density at radius 2 is 0.909 bits per heavy atom. The van der Waals surface area contributed by atoms with Crippen LogP contribution < -0.4 is 0 Å². The summed E-state index contributed by atoms with van der Waals surface area (Å²) in [5.74, 6) is 0.642. The van der Waals surface area contributed by atoms with Crippen LogP contribution in [-0.2, 0) is 25.7 Å². The van der Waals surface area contributed by atoms with E-state index < -0.39 is 0 Å². The number of nitrogens with zero attached hydrogens (tertiary/aromatic N) is 2. The molecule has 0 aromatic heterocycles. The van der Waals surface area contributed by atoms with E-state index in [4.69, 9.17) is 9.98 Å². The predicted molar refractivity (Wildman–Crippen MR) is 189 cm³/mol. The highest BCUT2D eigenvalue weighted by Gasteiger charge is 2.12. The van der Waals surface area contributed by atoms with E-state index in [0.29, 0.717) is 11.5 Å². The smallest absolute Gasteiger partial charge is 0.127 e. The SMILES string of the molecule is CCCCc1cc(C=Nc2cc3ccccc3cc2N=Cc2cc(CCCC)cc(CCCC)c2O)c(O)c(CCCC)c1. The van der Waals surface area contributed by atoms with Gasteiger partial charge in [0.1, 0.15) is 11.5 Å². The lowest BCUT2D eigenvalue weighted by atomic mass is 9.97. The third-order valence-electron chi connectivity index (χ3n) is 8.32. The second kappa shape index (κ2) is 16.8. The molecule has 0 bridgehead atoms. The molecule has 0 fully saturated rings. The van der Waals surface area contributed by atoms with Gasteiger partial charge in [-0.3, -0.25) is 9.98 Å². The number of phenols is 2. The van der Waals surface area contributed by atoms with Crippen LogP contribution in [0.5, 0.6) is 11.5 Å². The van der Waals surface area contributed by atoms with Crippen LogP contribution >= 0.6 is 0 Å². The molecule has 4 heteroatoms. The minimum absolute atomic E-state index is 0.321. The number of aliphatic imine (C=N–C) groups is 2. The van der Waals surface area contributed by atoms with Gasteiger partial charge in [-0.2, -0.15) is 0 Å². The summed E-state index contributed by atoms with van der Waals surface area (Å²) >= 11 is 0. The molecule has 44 heavy (non-hydrogen) atoms. The molecule has 4 aromatic carbocycles. The Morgan fingerprint density at radius 1 is 0.523 bits per heavy atom. The number of phenolic OH excluding ortho intramolecular Hbond substituents is 2. The fourth-order valence-electron chi connectivity index (χ4n) is 5.64. The van der Waals surface area contributed by atoms with E-state index >= 15 is 0 Å². The van der Waals surface area contributed by atoms with Crippen molar-refractivity contribution < 1.29 is 10.2 Å². The highest BCUT2D eigenvalue weighted by molar-refractivity contribution is 5.96. The van der Waals surface area contributed by atoms with Crippen molar-refractivity contribution in [3.8, 4) is 11.5 Å². The molecule has 2 N–H and O–H groups in total. The fourth-order valence-corrected chi connectivity index (χ4v) is 5.64. The van der Waals surface area contributed by atoms with Crippen molar-refractivity contribution in [1.82, 2.24) is 0 Å². The van der Waals surface area contributed by atoms with Gasteiger partial charge in [-0.05, 0) is 109 Å². The number of fused-ring (bicyclic) bond motifs is 1. The van der Waals surface area contributed by atoms with E-state index in [1.54, 1.807) is 12.4 Å². The highest BCUT2D eigenvalue weighted by atomic mass is 16.3. The highest BCUT2D eigenvalue weighted by Crippen LogP contribution is 2.35. The maximum atomic E-state index is 11.2. The van der Waals surface area contributed by atoms with Crippen LogP contribution in [-0.4, -0.2) is 22.6 Å². The molecule has 0 saturated carbocycles. The van der Waals surface area contributed by atoms with E-state index in [0.717, 1.165) is 121 Å². The van der Waals surface area contributed by atoms with Gasteiger partial charge in [0, 0.05) is 23.6 Å². The number of aromatic hydroxyl groups is 2. The zero-order valence-corrected chi connectivity index (χ0v) is 27.2. The van der Waals surface area contributed by atoms with Gasteiger partial charge in [0.05, 0.1) is 11.4 Å². The third kappa shape index (κ3) is 8.81. The Balaban J connectivity index is 1.76. The molecule has 0 atom stereocenters. The number of aryl methyl sites for hydroxylation is 4. The number of unbranched alkanes of at least 4 members (excludes halogenated alkanes) is 4. The average molecular weight is 591 g/mol. The summed E-state index contributed by atoms with van der Waals surface area (Å²) in [7, 11) is 0. The molecule has 0 saturated heterocycles. The van der Waals surface area contributed by atoms with Gasteiger partial charge in [0.25, 0.3) is 0 Å². The molecular formula is C40H50N2O2. The quantitative estimate of drug-likeness (QED) is 0.127. The summed E-state index contributed by atoms with van der Waals surface area (Å²) in [6.45, 7) is 8.76. The van der Waals surface area contributed by atoms with Crippen LogP contribution in [0, 0.1) is 0 Å². The normalized spacial score (nSPS) is 11.8. The molecule has 0 spiro atoms. The van der Waals surface area contributed by atoms with E-state index in [9.17, 15) is 10.2 Å². The molecule has 0 amide bonds. The van der Waals surface area contributed by atoms with Gasteiger partial charge in [0.15, 0.2) is 0 Å². The lowest BCUT2D eigenvalue weighted by molar-refractivity contribution is 0.465. The first-order chi connectivity index (χ1) is 21.5. The first-order valence-corrected chi connectivity index (χ1v) is 16.8. The maximum Gasteiger partial charge on any atom is 0.127 e. The lowest BCUT2D eigenvalue weighted by Crippen LogP contribution is -1.96. The van der Waals surface area contributed by atoms with Crippen molar-refractivity contribution in [1.29, 1.82) is 0 Å². The maximum absolute atomic E-state index is 11.2. The Bertz CT molecular complexity index is 1470. The monoisotopic (exact) mass is 590 g/mol. The Hall–Kier alpha value is -3.92. The van der Waals surface area contributed by atoms with E-state index in [2.05, 4.69) is 76.2 Å². The number of hydrogen-bond donors (Lipinski definition) is 2. The van der Waals surface area contributed by atoms with Crippen LogP contribution in [0.25, 0.3) is 10.8 Å². The molecule has 0 heterocycles. The Morgan fingerprint density at radius 3 is 1.30 bits per heavy atom. The Kier molecular flexibility index (Phi) is 12.6. The fraction of sp³-hybridized carbons (Fsp3) is 0.400. The van der Waals surface area contributed by atoms with Gasteiger partial charge in [-0.25, -0.2) is 0 Å². The van der Waals surface area contributed by atoms with Gasteiger partial charge in [-0.15, -0.1) is 0 Å². The lowest BCUT2D eigenvalue weighted by Gasteiger charge is -2.12. The minimum Gasteiger partial charge on any atom is -0.507 e. The second-order valence-electron chi connectivity index (χ2n) is 12.0. The van der Waals surface area contributed by atoms with E-state index in [-0.39, 0.29) is 0 Å². The standard InChI is InChI=1S/C40H50N2O2/c1-5-9-15-29-21-33(17-11-7-3)39(43)35(23-29)27-41-37-25-31-19-13-14-20-32(31)26-38(37)42-28-36-24-30(16-10-6-2)22-34(40(36)44)18-12-8-4/h13-14,19-28,43-44H,5-12,15-18H2,1-4H3. The minimum atomic E-state index is 0.321. The molecule has 4 rings (SSSR count). The Labute approximate surface area is 264 Å². The molecule has 0 aliphatic heterocycles. The second-order valence-corrected chi connectivity index (χ2v) is 12.0. The zero-order valence-electron chi connectivity index (χ0n) is 27.2. The molecular weight excluding hydrogens is 540 g/mol. The molecule has 0 aliphatic rings. The summed E-state index contributed by atoms with van der Waals surface area (Å²) in [6.07, 6.45) is 16.0. The van der Waals surface area contributed by atoms with Crippen molar-refractivity contribution in [2.45, 2.75) is 105 Å². The molecule has 232 valence electrons. The summed E-state index contributed by atoms with van der Waals surface area (Å²) in [4.78, 5) is 9.84. The van der Waals surface area contributed by atoms with Gasteiger partial charge in [-0.1, -0.05) is 89.8 Å². The van der Waals surface area contributed by atoms with E-state index in [1.807, 2.05) is 12.1 Å². The molecule has 4 aromatic rings. The first-order valence-electron chi connectivity index (χ1n) is 16.8. The molecule has 4 nitrogen and oxygen atoms in total. The van der Waals surface area contributed by atoms with Crippen molar-refractivity contribution in [3.05, 3.63) is 94.0 Å². The molecule has 0 aliphatic carbocycles. The largest absolute Gasteiger partial charge is 0.507 e. The van der Waals surface area contributed by atoms with E-state index in [1.165, 1.54) is 11.1 Å². The molecule has 0 radical (unpaired) electrons.